The molecule has 0 saturated carbocycles. The van der Waals surface area contributed by atoms with Crippen molar-refractivity contribution in [3.63, 3.8) is 0 Å². The first kappa shape index (κ1) is 20.5. The lowest BCUT2D eigenvalue weighted by atomic mass is 10.1. The lowest BCUT2D eigenvalue weighted by molar-refractivity contribution is -0.136. The van der Waals surface area contributed by atoms with Crippen LogP contribution in [0, 0.1) is 6.92 Å². The first-order valence-corrected chi connectivity index (χ1v) is 10.0. The molecular weight excluding hydrogens is 364 g/mol. The molecule has 0 spiro atoms. The molecule has 6 nitrogen and oxygen atoms in total. The molecule has 1 heterocycles. The third-order valence-electron chi connectivity index (χ3n) is 5.15. The lowest BCUT2D eigenvalue weighted by Gasteiger charge is -2.22. The highest BCUT2D eigenvalue weighted by molar-refractivity contribution is 6.39. The molecule has 6 heteroatoms. The van der Waals surface area contributed by atoms with E-state index in [1.54, 1.807) is 0 Å². The van der Waals surface area contributed by atoms with Crippen molar-refractivity contribution in [1.82, 2.24) is 10.3 Å². The highest BCUT2D eigenvalue weighted by Crippen LogP contribution is 2.22. The Hall–Kier alpha value is -3.28. The van der Waals surface area contributed by atoms with Crippen LogP contribution in [0.5, 0.6) is 0 Å². The van der Waals surface area contributed by atoms with Crippen molar-refractivity contribution in [3.05, 3.63) is 59.8 Å². The maximum Gasteiger partial charge on any atom is 0.313 e. The van der Waals surface area contributed by atoms with Crippen molar-refractivity contribution in [2.75, 3.05) is 29.9 Å². The van der Waals surface area contributed by atoms with Crippen molar-refractivity contribution in [2.45, 2.75) is 27.2 Å². The molecule has 3 rings (SSSR count). The van der Waals surface area contributed by atoms with Crippen LogP contribution >= 0.6 is 0 Å². The number of carbonyl (C=O) groups is 2. The second-order valence-electron chi connectivity index (χ2n) is 6.99. The molecule has 0 aliphatic rings. The van der Waals surface area contributed by atoms with Gasteiger partial charge in [0.2, 0.25) is 0 Å². The molecule has 0 atom stereocenters. The molecule has 29 heavy (non-hydrogen) atoms. The van der Waals surface area contributed by atoms with Gasteiger partial charge in [0, 0.05) is 48.1 Å². The van der Waals surface area contributed by atoms with Crippen molar-refractivity contribution >= 4 is 34.1 Å². The number of hydrogen-bond donors (Lipinski definition) is 3. The van der Waals surface area contributed by atoms with E-state index in [1.807, 2.05) is 55.6 Å². The number of anilines is 2. The van der Waals surface area contributed by atoms with Crippen LogP contribution in [0.25, 0.3) is 10.9 Å². The molecule has 0 aliphatic carbocycles. The molecule has 0 unspecified atom stereocenters. The van der Waals surface area contributed by atoms with E-state index in [0.717, 1.165) is 40.8 Å². The monoisotopic (exact) mass is 392 g/mol. The van der Waals surface area contributed by atoms with Gasteiger partial charge in [0.25, 0.3) is 0 Å². The van der Waals surface area contributed by atoms with Crippen LogP contribution in [0.1, 0.15) is 25.0 Å². The molecule has 3 N–H and O–H groups in total. The summed E-state index contributed by atoms with van der Waals surface area (Å²) in [6.45, 7) is 8.37. The van der Waals surface area contributed by atoms with Gasteiger partial charge in [-0.05, 0) is 62.6 Å². The lowest BCUT2D eigenvalue weighted by Crippen LogP contribution is -2.36. The maximum absolute atomic E-state index is 12.3. The van der Waals surface area contributed by atoms with Crippen LogP contribution < -0.4 is 15.5 Å². The predicted octanol–water partition coefficient (Wildman–Crippen LogP) is 3.62. The summed E-state index contributed by atoms with van der Waals surface area (Å²) in [6, 6.07) is 13.9. The van der Waals surface area contributed by atoms with Gasteiger partial charge < -0.3 is 20.5 Å². The molecule has 0 saturated heterocycles. The zero-order chi connectivity index (χ0) is 20.8. The van der Waals surface area contributed by atoms with Gasteiger partial charge in [-0.25, -0.2) is 0 Å². The molecule has 1 aromatic heterocycles. The van der Waals surface area contributed by atoms with Gasteiger partial charge in [-0.15, -0.1) is 0 Å². The smallest absolute Gasteiger partial charge is 0.313 e. The third kappa shape index (κ3) is 4.77. The number of aryl methyl sites for hydroxylation is 1. The highest BCUT2D eigenvalue weighted by atomic mass is 16.2. The third-order valence-corrected chi connectivity index (χ3v) is 5.15. The van der Waals surface area contributed by atoms with Gasteiger partial charge in [0.1, 0.15) is 0 Å². The van der Waals surface area contributed by atoms with E-state index in [-0.39, 0.29) is 0 Å². The largest absolute Gasteiger partial charge is 0.372 e. The van der Waals surface area contributed by atoms with Crippen LogP contribution in [0.4, 0.5) is 11.4 Å². The fourth-order valence-electron chi connectivity index (χ4n) is 3.48. The summed E-state index contributed by atoms with van der Waals surface area (Å²) < 4.78 is 0. The van der Waals surface area contributed by atoms with E-state index in [0.29, 0.717) is 18.7 Å². The Labute approximate surface area is 171 Å². The Morgan fingerprint density at radius 1 is 1.03 bits per heavy atom. The normalized spacial score (nSPS) is 10.7. The first-order valence-electron chi connectivity index (χ1n) is 10.0. The summed E-state index contributed by atoms with van der Waals surface area (Å²) >= 11 is 0. The van der Waals surface area contributed by atoms with E-state index in [9.17, 15) is 9.59 Å². The molecule has 0 aliphatic heterocycles. The quantitative estimate of drug-likeness (QED) is 0.538. The fraction of sp³-hybridized carbons (Fsp3) is 0.304. The number of nitrogens with zero attached hydrogens (tertiary/aromatic N) is 1. The highest BCUT2D eigenvalue weighted by Gasteiger charge is 2.15. The second-order valence-corrected chi connectivity index (χ2v) is 6.99. The molecular formula is C23H28N4O2. The summed E-state index contributed by atoms with van der Waals surface area (Å²) in [5.41, 5.74) is 4.86. The Balaban J connectivity index is 1.54. The van der Waals surface area contributed by atoms with Crippen LogP contribution in [0.3, 0.4) is 0 Å². The summed E-state index contributed by atoms with van der Waals surface area (Å²) in [4.78, 5) is 29.9. The number of aromatic nitrogens is 1. The number of carbonyl (C=O) groups excluding carboxylic acids is 2. The Kier molecular flexibility index (Phi) is 6.54. The van der Waals surface area contributed by atoms with Gasteiger partial charge in [0.15, 0.2) is 0 Å². The average molecular weight is 393 g/mol. The molecule has 2 amide bonds. The Morgan fingerprint density at radius 2 is 1.79 bits per heavy atom. The molecule has 2 aromatic carbocycles. The van der Waals surface area contributed by atoms with Crippen LogP contribution in [-0.4, -0.2) is 36.4 Å². The number of aromatic amines is 1. The van der Waals surface area contributed by atoms with Crippen LogP contribution in [0.2, 0.25) is 0 Å². The van der Waals surface area contributed by atoms with Gasteiger partial charge in [-0.1, -0.05) is 18.2 Å². The zero-order valence-electron chi connectivity index (χ0n) is 17.2. The van der Waals surface area contributed by atoms with E-state index in [1.165, 1.54) is 0 Å². The van der Waals surface area contributed by atoms with Gasteiger partial charge in [-0.2, -0.15) is 0 Å². The molecule has 3 aromatic rings. The average Bonchev–Trinajstić information content (AvgIpc) is 3.14. The van der Waals surface area contributed by atoms with Gasteiger partial charge >= 0.3 is 11.8 Å². The van der Waals surface area contributed by atoms with Crippen LogP contribution in [0.15, 0.2) is 48.7 Å². The number of fused-ring (bicyclic) bond motifs is 1. The summed E-state index contributed by atoms with van der Waals surface area (Å²) in [6.07, 6.45) is 2.60. The van der Waals surface area contributed by atoms with Crippen LogP contribution in [-0.2, 0) is 16.0 Å². The molecule has 0 bridgehead atoms. The predicted molar refractivity (Wildman–Crippen MR) is 118 cm³/mol. The van der Waals surface area contributed by atoms with Gasteiger partial charge in [0.05, 0.1) is 0 Å². The molecule has 0 radical (unpaired) electrons. The fourth-order valence-corrected chi connectivity index (χ4v) is 3.48. The minimum absolute atomic E-state index is 0.397. The molecule has 152 valence electrons. The minimum atomic E-state index is -0.650. The standard InChI is InChI=1S/C23H28N4O2/c1-4-27(5-2)18-10-11-20(16(3)14-18)26-23(29)22(28)24-13-12-17-15-25-21-9-7-6-8-19(17)21/h6-11,14-15,25H,4-5,12-13H2,1-3H3,(H,24,28)(H,26,29). The van der Waals surface area contributed by atoms with Gasteiger partial charge in [-0.3, -0.25) is 9.59 Å². The summed E-state index contributed by atoms with van der Waals surface area (Å²) in [5.74, 6) is -1.28. The SMILES string of the molecule is CCN(CC)c1ccc(NC(=O)C(=O)NCCc2c[nH]c3ccccc23)c(C)c1. The second kappa shape index (κ2) is 9.28. The Morgan fingerprint density at radius 3 is 2.52 bits per heavy atom. The number of nitrogens with one attached hydrogen (secondary N) is 3. The zero-order valence-corrected chi connectivity index (χ0v) is 17.2. The van der Waals surface area contributed by atoms with Crippen molar-refractivity contribution in [1.29, 1.82) is 0 Å². The van der Waals surface area contributed by atoms with E-state index < -0.39 is 11.8 Å². The Bertz CT molecular complexity index is 1010. The minimum Gasteiger partial charge on any atom is -0.372 e. The number of H-pyrrole nitrogens is 1. The van der Waals surface area contributed by atoms with Crippen molar-refractivity contribution < 1.29 is 9.59 Å². The van der Waals surface area contributed by atoms with Crippen molar-refractivity contribution in [2.24, 2.45) is 0 Å². The number of para-hydroxylation sites is 1. The molecule has 0 fully saturated rings. The van der Waals surface area contributed by atoms with E-state index in [2.05, 4.69) is 34.4 Å². The first-order chi connectivity index (χ1) is 14.0. The van der Waals surface area contributed by atoms with E-state index in [4.69, 9.17) is 0 Å². The number of amides is 2. The topological polar surface area (TPSA) is 77.2 Å². The van der Waals surface area contributed by atoms with Crippen molar-refractivity contribution in [3.8, 4) is 0 Å². The number of benzene rings is 2. The number of rotatable bonds is 7. The summed E-state index contributed by atoms with van der Waals surface area (Å²) in [5, 5.41) is 6.54. The maximum atomic E-state index is 12.3. The summed E-state index contributed by atoms with van der Waals surface area (Å²) in [7, 11) is 0. The number of hydrogen-bond acceptors (Lipinski definition) is 3. The van der Waals surface area contributed by atoms with E-state index >= 15 is 0 Å².